The molecule has 0 atom stereocenters. The van der Waals surface area contributed by atoms with E-state index in [4.69, 9.17) is 11.6 Å². The molecule has 0 fully saturated rings. The highest BCUT2D eigenvalue weighted by Gasteiger charge is 2.25. The zero-order chi connectivity index (χ0) is 15.9. The second kappa shape index (κ2) is 5.19. The van der Waals surface area contributed by atoms with Crippen molar-refractivity contribution < 1.29 is 13.3 Å². The van der Waals surface area contributed by atoms with Crippen LogP contribution in [0.15, 0.2) is 52.5 Å². The van der Waals surface area contributed by atoms with Gasteiger partial charge in [-0.3, -0.25) is 0 Å². The van der Waals surface area contributed by atoms with Gasteiger partial charge in [0.1, 0.15) is 5.52 Å². The van der Waals surface area contributed by atoms with Gasteiger partial charge in [0.05, 0.1) is 4.90 Å². The van der Waals surface area contributed by atoms with Gasteiger partial charge in [-0.1, -0.05) is 29.3 Å². The maximum Gasteiger partial charge on any atom is 0.319 e. The number of hydrogen-bond donors (Lipinski definition) is 0. The Kier molecular flexibility index (Phi) is 3.46. The summed E-state index contributed by atoms with van der Waals surface area (Å²) in [5, 5.41) is 15.2. The molecule has 6 nitrogen and oxygen atoms in total. The summed E-state index contributed by atoms with van der Waals surface area (Å²) >= 11 is 5.81. The van der Waals surface area contributed by atoms with E-state index in [0.29, 0.717) is 5.02 Å². The molecular formula is C14H10ClN3O3S. The van der Waals surface area contributed by atoms with E-state index in [1.165, 1.54) is 30.3 Å². The number of aryl methyl sites for hydroxylation is 1. The van der Waals surface area contributed by atoms with Crippen molar-refractivity contribution >= 4 is 32.5 Å². The molecule has 112 valence electrons. The Morgan fingerprint density at radius 1 is 1.14 bits per heavy atom. The molecule has 1 heterocycles. The van der Waals surface area contributed by atoms with Crippen molar-refractivity contribution in [2.24, 2.45) is 0 Å². The summed E-state index contributed by atoms with van der Waals surface area (Å²) in [6.45, 7) is 1.85. The van der Waals surface area contributed by atoms with Crippen LogP contribution in [0.3, 0.4) is 0 Å². The molecule has 0 spiro atoms. The van der Waals surface area contributed by atoms with E-state index in [1.807, 2.05) is 6.92 Å². The van der Waals surface area contributed by atoms with Crippen molar-refractivity contribution in [1.29, 1.82) is 0 Å². The van der Waals surface area contributed by atoms with Crippen LogP contribution in [0.4, 0.5) is 0 Å². The Hall–Kier alpha value is -2.25. The molecular weight excluding hydrogens is 326 g/mol. The van der Waals surface area contributed by atoms with Gasteiger partial charge < -0.3 is 5.21 Å². The monoisotopic (exact) mass is 335 g/mol. The van der Waals surface area contributed by atoms with Crippen molar-refractivity contribution in [2.75, 3.05) is 0 Å². The summed E-state index contributed by atoms with van der Waals surface area (Å²) in [5.74, 6) is 0. The van der Waals surface area contributed by atoms with Gasteiger partial charge in [0.25, 0.3) is 5.52 Å². The van der Waals surface area contributed by atoms with Gasteiger partial charge in [0, 0.05) is 16.2 Å². The average molecular weight is 336 g/mol. The van der Waals surface area contributed by atoms with Crippen LogP contribution in [-0.4, -0.2) is 18.5 Å². The summed E-state index contributed by atoms with van der Waals surface area (Å²) in [4.78, 5) is 4.22. The lowest BCUT2D eigenvalue weighted by Gasteiger charge is -2.04. The zero-order valence-electron chi connectivity index (χ0n) is 11.4. The molecule has 8 heteroatoms. The largest absolute Gasteiger partial charge is 0.594 e. The first-order valence-corrected chi connectivity index (χ1v) is 8.13. The average Bonchev–Trinajstić information content (AvgIpc) is 2.48. The van der Waals surface area contributed by atoms with Crippen molar-refractivity contribution in [3.63, 3.8) is 0 Å². The first-order chi connectivity index (χ1) is 10.4. The van der Waals surface area contributed by atoms with Crippen LogP contribution >= 0.6 is 11.6 Å². The number of nitrogens with zero attached hydrogens (tertiary/aromatic N) is 3. The van der Waals surface area contributed by atoms with E-state index in [9.17, 15) is 13.6 Å². The normalized spacial score (nSPS) is 11.7. The van der Waals surface area contributed by atoms with E-state index >= 15 is 0 Å². The number of sulfone groups is 1. The summed E-state index contributed by atoms with van der Waals surface area (Å²) in [6.07, 6.45) is 0. The number of halogens is 1. The number of benzene rings is 2. The van der Waals surface area contributed by atoms with Crippen molar-refractivity contribution in [3.8, 4) is 0 Å². The van der Waals surface area contributed by atoms with Crippen molar-refractivity contribution in [2.45, 2.75) is 17.0 Å². The summed E-state index contributed by atoms with van der Waals surface area (Å²) in [6, 6.07) is 10.6. The minimum absolute atomic E-state index is 0.0337. The molecule has 0 aliphatic heterocycles. The van der Waals surface area contributed by atoms with E-state index in [-0.39, 0.29) is 20.8 Å². The highest BCUT2D eigenvalue weighted by atomic mass is 35.5. The molecule has 0 aliphatic rings. The molecule has 0 N–H and O–H groups in total. The van der Waals surface area contributed by atoms with Crippen molar-refractivity contribution in [3.05, 3.63) is 58.3 Å². The van der Waals surface area contributed by atoms with Crippen LogP contribution in [0.25, 0.3) is 11.0 Å². The molecule has 0 saturated carbocycles. The zero-order valence-corrected chi connectivity index (χ0v) is 13.0. The van der Waals surface area contributed by atoms with E-state index < -0.39 is 15.0 Å². The van der Waals surface area contributed by atoms with Gasteiger partial charge >= 0.3 is 5.16 Å². The number of rotatable bonds is 2. The third-order valence-corrected chi connectivity index (χ3v) is 4.89. The number of hydrogen-bond acceptors (Lipinski definition) is 5. The van der Waals surface area contributed by atoms with Gasteiger partial charge in [-0.2, -0.15) is 0 Å². The quantitative estimate of drug-likeness (QED) is 0.528. The second-order valence-corrected chi connectivity index (χ2v) is 7.00. The fourth-order valence-electron chi connectivity index (χ4n) is 1.94. The Morgan fingerprint density at radius 2 is 1.82 bits per heavy atom. The van der Waals surface area contributed by atoms with Crippen LogP contribution in [0, 0.1) is 12.1 Å². The number of fused-ring (bicyclic) bond motifs is 1. The minimum Gasteiger partial charge on any atom is -0.594 e. The van der Waals surface area contributed by atoms with Crippen LogP contribution in [-0.2, 0) is 9.84 Å². The first-order valence-electron chi connectivity index (χ1n) is 6.27. The van der Waals surface area contributed by atoms with E-state index in [0.717, 1.165) is 5.56 Å². The van der Waals surface area contributed by atoms with Crippen LogP contribution in [0.2, 0.25) is 5.02 Å². The molecule has 0 aliphatic carbocycles. The molecule has 3 aromatic rings. The Labute approximate surface area is 131 Å². The standard InChI is InChI=1S/C14H10ClN3O3S/c1-9-2-5-11(6-3-9)22(20,21)14-16-12-7-4-10(15)8-13(12)18(19)17-14/h2-8H,1H3. The third kappa shape index (κ3) is 2.49. The van der Waals surface area contributed by atoms with E-state index in [1.54, 1.807) is 12.1 Å². The van der Waals surface area contributed by atoms with Crippen LogP contribution < -0.4 is 4.85 Å². The molecule has 0 radical (unpaired) electrons. The topological polar surface area (TPSA) is 86.9 Å². The first kappa shape index (κ1) is 14.7. The molecule has 22 heavy (non-hydrogen) atoms. The van der Waals surface area contributed by atoms with E-state index in [2.05, 4.69) is 10.1 Å². The highest BCUT2D eigenvalue weighted by Crippen LogP contribution is 2.20. The molecule has 0 amide bonds. The Balaban J connectivity index is 2.21. The fraction of sp³-hybridized carbons (Fsp3) is 0.0714. The predicted octanol–water partition coefficient (Wildman–Crippen LogP) is 2.06. The molecule has 0 saturated heterocycles. The molecule has 3 rings (SSSR count). The maximum atomic E-state index is 12.5. The summed E-state index contributed by atoms with van der Waals surface area (Å²) in [5.41, 5.74) is 1.24. The minimum atomic E-state index is -3.96. The molecule has 0 unspecified atom stereocenters. The SMILES string of the molecule is Cc1ccc(S(=O)(=O)c2nc3ccc(Cl)cc3[n+]([O-])n2)cc1. The molecule has 2 aromatic carbocycles. The Bertz CT molecular complexity index is 973. The molecule has 0 bridgehead atoms. The maximum absolute atomic E-state index is 12.5. The predicted molar refractivity (Wildman–Crippen MR) is 80.1 cm³/mol. The van der Waals surface area contributed by atoms with Gasteiger partial charge in [-0.15, -0.1) is 0 Å². The van der Waals surface area contributed by atoms with Crippen LogP contribution in [0.5, 0.6) is 0 Å². The third-order valence-electron chi connectivity index (χ3n) is 3.11. The summed E-state index contributed by atoms with van der Waals surface area (Å²) in [7, 11) is -3.96. The van der Waals surface area contributed by atoms with Crippen LogP contribution in [0.1, 0.15) is 5.56 Å². The van der Waals surface area contributed by atoms with Gasteiger partial charge in [-0.05, 0) is 36.0 Å². The lowest BCUT2D eigenvalue weighted by atomic mass is 10.2. The fourth-order valence-corrected chi connectivity index (χ4v) is 3.21. The second-order valence-electron chi connectivity index (χ2n) is 4.72. The Morgan fingerprint density at radius 3 is 2.50 bits per heavy atom. The highest BCUT2D eigenvalue weighted by molar-refractivity contribution is 7.91. The van der Waals surface area contributed by atoms with Gasteiger partial charge in [0.15, 0.2) is 0 Å². The lowest BCUT2D eigenvalue weighted by Crippen LogP contribution is -2.34. The lowest BCUT2D eigenvalue weighted by molar-refractivity contribution is -0.647. The van der Waals surface area contributed by atoms with Gasteiger partial charge in [-0.25, -0.2) is 13.4 Å². The summed E-state index contributed by atoms with van der Waals surface area (Å²) < 4.78 is 25.0. The smallest absolute Gasteiger partial charge is 0.319 e. The molecule has 1 aromatic heterocycles. The van der Waals surface area contributed by atoms with Crippen molar-refractivity contribution in [1.82, 2.24) is 10.1 Å². The van der Waals surface area contributed by atoms with Gasteiger partial charge in [0.2, 0.25) is 9.84 Å². The number of aromatic nitrogens is 3.